The number of amides is 2. The van der Waals surface area contributed by atoms with Gasteiger partial charge in [0.1, 0.15) is 0 Å². The van der Waals surface area contributed by atoms with Crippen molar-refractivity contribution in [3.8, 4) is 5.88 Å². The third-order valence-electron chi connectivity index (χ3n) is 4.74. The Morgan fingerprint density at radius 2 is 2.12 bits per heavy atom. The topological polar surface area (TPSA) is 66.9 Å². The lowest BCUT2D eigenvalue weighted by Gasteiger charge is -2.31. The third-order valence-corrected chi connectivity index (χ3v) is 4.74. The molecule has 2 amide bonds. The Balaban J connectivity index is 1.54. The average molecular weight is 348 g/mol. The van der Waals surface area contributed by atoms with E-state index in [1.165, 1.54) is 19.3 Å². The first-order chi connectivity index (χ1) is 12.2. The number of ether oxygens (including phenoxy) is 2. The van der Waals surface area contributed by atoms with Crippen LogP contribution >= 0.6 is 0 Å². The third kappa shape index (κ3) is 5.31. The van der Waals surface area contributed by atoms with Gasteiger partial charge in [0.2, 0.25) is 5.88 Å². The van der Waals surface area contributed by atoms with Crippen LogP contribution in [0.1, 0.15) is 25.7 Å². The monoisotopic (exact) mass is 348 g/mol. The molecule has 0 radical (unpaired) electrons. The molecular formula is C18H28N4O3. The van der Waals surface area contributed by atoms with Gasteiger partial charge in [-0.2, -0.15) is 0 Å². The van der Waals surface area contributed by atoms with Gasteiger partial charge in [0.05, 0.1) is 25.1 Å². The van der Waals surface area contributed by atoms with E-state index in [1.807, 2.05) is 4.90 Å². The van der Waals surface area contributed by atoms with Crippen LogP contribution in [0, 0.1) is 0 Å². The molecule has 1 aromatic rings. The molecule has 2 saturated heterocycles. The van der Waals surface area contributed by atoms with Crippen molar-refractivity contribution in [2.75, 3.05) is 51.8 Å². The zero-order chi connectivity index (χ0) is 17.5. The van der Waals surface area contributed by atoms with Crippen molar-refractivity contribution in [2.24, 2.45) is 0 Å². The summed E-state index contributed by atoms with van der Waals surface area (Å²) >= 11 is 0. The van der Waals surface area contributed by atoms with Gasteiger partial charge in [-0.3, -0.25) is 0 Å². The largest absolute Gasteiger partial charge is 0.481 e. The molecule has 0 bridgehead atoms. The van der Waals surface area contributed by atoms with E-state index in [9.17, 15) is 4.79 Å². The number of hydrogen-bond acceptors (Lipinski definition) is 5. The Kier molecular flexibility index (Phi) is 6.47. The highest BCUT2D eigenvalue weighted by Crippen LogP contribution is 2.15. The van der Waals surface area contributed by atoms with Crippen LogP contribution in [0.15, 0.2) is 18.3 Å². The maximum atomic E-state index is 12.6. The molecule has 1 N–H and O–H groups in total. The lowest BCUT2D eigenvalue weighted by Crippen LogP contribution is -2.45. The number of likely N-dealkylation sites (tertiary alicyclic amines) is 1. The van der Waals surface area contributed by atoms with E-state index in [-0.39, 0.29) is 12.1 Å². The van der Waals surface area contributed by atoms with Crippen molar-refractivity contribution in [2.45, 2.75) is 31.8 Å². The molecule has 2 aliphatic rings. The molecule has 7 nitrogen and oxygen atoms in total. The first-order valence-electron chi connectivity index (χ1n) is 9.14. The lowest BCUT2D eigenvalue weighted by molar-refractivity contribution is 0.0261. The van der Waals surface area contributed by atoms with Crippen LogP contribution in [0.2, 0.25) is 0 Å². The summed E-state index contributed by atoms with van der Waals surface area (Å²) in [7, 11) is 1.57. The highest BCUT2D eigenvalue weighted by molar-refractivity contribution is 5.89. The number of urea groups is 1. The van der Waals surface area contributed by atoms with E-state index in [2.05, 4.69) is 15.2 Å². The van der Waals surface area contributed by atoms with E-state index in [0.717, 1.165) is 26.1 Å². The van der Waals surface area contributed by atoms with Crippen LogP contribution in [0.5, 0.6) is 5.88 Å². The Hall–Kier alpha value is -1.86. The summed E-state index contributed by atoms with van der Waals surface area (Å²) in [5.74, 6) is 0.530. The number of carbonyl (C=O) groups excluding carboxylic acids is 1. The zero-order valence-corrected chi connectivity index (χ0v) is 14.9. The molecule has 0 aliphatic carbocycles. The van der Waals surface area contributed by atoms with Gasteiger partial charge in [0.15, 0.2) is 0 Å². The van der Waals surface area contributed by atoms with Crippen molar-refractivity contribution in [1.29, 1.82) is 0 Å². The number of aromatic nitrogens is 1. The molecule has 0 spiro atoms. The Morgan fingerprint density at radius 3 is 2.84 bits per heavy atom. The predicted octanol–water partition coefficient (Wildman–Crippen LogP) is 2.20. The highest BCUT2D eigenvalue weighted by atomic mass is 16.5. The molecule has 2 aliphatic heterocycles. The van der Waals surface area contributed by atoms with Gasteiger partial charge in [-0.1, -0.05) is 6.42 Å². The first-order valence-corrected chi connectivity index (χ1v) is 9.14. The van der Waals surface area contributed by atoms with Crippen LogP contribution in [0.4, 0.5) is 10.5 Å². The molecule has 1 aromatic heterocycles. The summed E-state index contributed by atoms with van der Waals surface area (Å²) in [6.45, 7) is 5.26. The normalized spacial score (nSPS) is 22.3. The van der Waals surface area contributed by atoms with E-state index in [0.29, 0.717) is 31.3 Å². The van der Waals surface area contributed by atoms with Crippen molar-refractivity contribution in [3.05, 3.63) is 18.3 Å². The van der Waals surface area contributed by atoms with Crippen molar-refractivity contribution in [1.82, 2.24) is 14.8 Å². The molecule has 0 saturated carbocycles. The summed E-state index contributed by atoms with van der Waals surface area (Å²) < 4.78 is 11.0. The number of hydrogen-bond donors (Lipinski definition) is 1. The van der Waals surface area contributed by atoms with Gasteiger partial charge in [0, 0.05) is 32.3 Å². The minimum Gasteiger partial charge on any atom is -0.481 e. The van der Waals surface area contributed by atoms with Crippen LogP contribution in [0.3, 0.4) is 0 Å². The minimum atomic E-state index is -0.0962. The van der Waals surface area contributed by atoms with Crippen LogP contribution in [-0.4, -0.2) is 73.4 Å². The van der Waals surface area contributed by atoms with E-state index in [4.69, 9.17) is 9.47 Å². The molecule has 25 heavy (non-hydrogen) atoms. The summed E-state index contributed by atoms with van der Waals surface area (Å²) in [5, 5.41) is 2.91. The second kappa shape index (κ2) is 9.01. The molecule has 1 atom stereocenters. The number of nitrogens with one attached hydrogen (secondary N) is 1. The van der Waals surface area contributed by atoms with E-state index < -0.39 is 0 Å². The van der Waals surface area contributed by atoms with Crippen LogP contribution in [-0.2, 0) is 4.74 Å². The average Bonchev–Trinajstić information content (AvgIpc) is 2.89. The Labute approximate surface area is 149 Å². The molecule has 3 heterocycles. The van der Waals surface area contributed by atoms with Gasteiger partial charge >= 0.3 is 6.03 Å². The second-order valence-electron chi connectivity index (χ2n) is 6.67. The van der Waals surface area contributed by atoms with E-state index in [1.54, 1.807) is 25.4 Å². The van der Waals surface area contributed by atoms with Gasteiger partial charge in [-0.05, 0) is 38.4 Å². The molecular weight excluding hydrogens is 320 g/mol. The zero-order valence-electron chi connectivity index (χ0n) is 14.9. The standard InChI is InChI=1S/C18H28N4O3/c1-24-17-7-6-15(12-19-17)20-18(23)22-10-5-11-25-16(14-22)13-21-8-3-2-4-9-21/h6-7,12,16H,2-5,8-11,13-14H2,1H3,(H,20,23)/t16-/m1/s1. The summed E-state index contributed by atoms with van der Waals surface area (Å²) in [6.07, 6.45) is 6.41. The number of piperidine rings is 1. The van der Waals surface area contributed by atoms with E-state index >= 15 is 0 Å². The lowest BCUT2D eigenvalue weighted by atomic mass is 10.1. The number of pyridine rings is 1. The van der Waals surface area contributed by atoms with Crippen LogP contribution < -0.4 is 10.1 Å². The van der Waals surface area contributed by atoms with Gasteiger partial charge in [0.25, 0.3) is 0 Å². The van der Waals surface area contributed by atoms with Gasteiger partial charge in [-0.25, -0.2) is 9.78 Å². The Morgan fingerprint density at radius 1 is 1.28 bits per heavy atom. The highest BCUT2D eigenvalue weighted by Gasteiger charge is 2.25. The molecule has 0 aromatic carbocycles. The molecule has 3 rings (SSSR count). The van der Waals surface area contributed by atoms with Crippen LogP contribution in [0.25, 0.3) is 0 Å². The van der Waals surface area contributed by atoms with Crippen molar-refractivity contribution >= 4 is 11.7 Å². The van der Waals surface area contributed by atoms with Gasteiger partial charge < -0.3 is 24.6 Å². The molecule has 138 valence electrons. The maximum Gasteiger partial charge on any atom is 0.321 e. The molecule has 2 fully saturated rings. The number of carbonyl (C=O) groups is 1. The SMILES string of the molecule is COc1ccc(NC(=O)N2CCCO[C@H](CN3CCCCC3)C2)cn1. The number of rotatable bonds is 4. The fraction of sp³-hybridized carbons (Fsp3) is 0.667. The number of nitrogens with zero attached hydrogens (tertiary/aromatic N) is 3. The molecule has 7 heteroatoms. The molecule has 0 unspecified atom stereocenters. The maximum absolute atomic E-state index is 12.6. The summed E-state index contributed by atoms with van der Waals surface area (Å²) in [6, 6.07) is 3.44. The Bertz CT molecular complexity index is 546. The second-order valence-corrected chi connectivity index (χ2v) is 6.67. The summed E-state index contributed by atoms with van der Waals surface area (Å²) in [5.41, 5.74) is 0.670. The van der Waals surface area contributed by atoms with Gasteiger partial charge in [-0.15, -0.1) is 0 Å². The predicted molar refractivity (Wildman–Crippen MR) is 96.0 cm³/mol. The smallest absolute Gasteiger partial charge is 0.321 e. The quantitative estimate of drug-likeness (QED) is 0.903. The fourth-order valence-electron chi connectivity index (χ4n) is 3.40. The first kappa shape index (κ1) is 17.9. The fourth-order valence-corrected chi connectivity index (χ4v) is 3.40. The minimum absolute atomic E-state index is 0.0837. The number of methoxy groups -OCH3 is 1. The number of anilines is 1. The van der Waals surface area contributed by atoms with Crippen molar-refractivity contribution < 1.29 is 14.3 Å². The van der Waals surface area contributed by atoms with Crippen molar-refractivity contribution in [3.63, 3.8) is 0 Å². The summed E-state index contributed by atoms with van der Waals surface area (Å²) in [4.78, 5) is 21.0.